The molecule has 0 aliphatic heterocycles. The Morgan fingerprint density at radius 3 is 1.31 bits per heavy atom. The van der Waals surface area contributed by atoms with Crippen LogP contribution in [0, 0.1) is 28.7 Å². The zero-order valence-electron chi connectivity index (χ0n) is 21.8. The third-order valence-corrected chi connectivity index (χ3v) is 10.6. The molecule has 0 amide bonds. The van der Waals surface area contributed by atoms with E-state index in [4.69, 9.17) is 0 Å². The molecule has 0 bridgehead atoms. The predicted octanol–water partition coefficient (Wildman–Crippen LogP) is 8.02. The molecule has 4 aromatic rings. The quantitative estimate of drug-likeness (QED) is 0.163. The Labute approximate surface area is 217 Å². The van der Waals surface area contributed by atoms with Crippen molar-refractivity contribution in [1.29, 1.82) is 0 Å². The summed E-state index contributed by atoms with van der Waals surface area (Å²) >= 11 is 0. The van der Waals surface area contributed by atoms with Gasteiger partial charge in [-0.05, 0) is 11.8 Å². The monoisotopic (exact) mass is 608 g/mol. The van der Waals surface area contributed by atoms with E-state index in [9.17, 15) is 0 Å². The van der Waals surface area contributed by atoms with Crippen molar-refractivity contribution in [3.63, 3.8) is 0 Å². The molecule has 0 N–H and O–H groups in total. The summed E-state index contributed by atoms with van der Waals surface area (Å²) < 4.78 is 0. The Morgan fingerprint density at radius 1 is 0.656 bits per heavy atom. The van der Waals surface area contributed by atoms with Crippen LogP contribution in [0.5, 0.6) is 0 Å². The van der Waals surface area contributed by atoms with Crippen molar-refractivity contribution >= 4 is 40.0 Å². The molecule has 0 atom stereocenters. The Balaban J connectivity index is 0.00000171. The number of hydrogen-bond acceptors (Lipinski definition) is 0. The maximum absolute atomic E-state index is 2.57. The molecular formula is C30H40HfSi. The Morgan fingerprint density at radius 2 is 1.00 bits per heavy atom. The van der Waals surface area contributed by atoms with Crippen LogP contribution >= 0.6 is 0 Å². The smallest absolute Gasteiger partial charge is 0.358 e. The molecule has 32 heavy (non-hydrogen) atoms. The van der Waals surface area contributed by atoms with Gasteiger partial charge in [0, 0.05) is 8.07 Å². The van der Waals surface area contributed by atoms with Crippen LogP contribution < -0.4 is 10.4 Å². The fourth-order valence-electron chi connectivity index (χ4n) is 5.70. The Hall–Kier alpha value is -1.25. The van der Waals surface area contributed by atoms with Crippen LogP contribution in [0.2, 0.25) is 13.1 Å². The van der Waals surface area contributed by atoms with E-state index in [0.29, 0.717) is 11.8 Å². The Bertz CT molecular complexity index is 1110. The third-order valence-electron chi connectivity index (χ3n) is 6.78. The maximum Gasteiger partial charge on any atom is 4.00 e. The van der Waals surface area contributed by atoms with Crippen molar-refractivity contribution in [1.82, 2.24) is 0 Å². The van der Waals surface area contributed by atoms with Gasteiger partial charge in [-0.3, -0.25) is 0 Å². The summed E-state index contributed by atoms with van der Waals surface area (Å²) in [4.78, 5) is 0. The first-order chi connectivity index (χ1) is 13.6. The number of benzene rings is 2. The van der Waals surface area contributed by atoms with Crippen LogP contribution in [-0.2, 0) is 25.8 Å². The minimum atomic E-state index is -1.92. The number of rotatable bonds is 4. The van der Waals surface area contributed by atoms with Gasteiger partial charge in [0.15, 0.2) is 0 Å². The molecule has 0 radical (unpaired) electrons. The van der Waals surface area contributed by atoms with E-state index >= 15 is 0 Å². The van der Waals surface area contributed by atoms with Gasteiger partial charge in [0.1, 0.15) is 0 Å². The summed E-state index contributed by atoms with van der Waals surface area (Å²) in [7, 11) is -1.92. The van der Waals surface area contributed by atoms with Crippen LogP contribution in [0.1, 0.15) is 61.8 Å². The zero-order valence-corrected chi connectivity index (χ0v) is 26.4. The molecule has 0 fully saturated rings. The van der Waals surface area contributed by atoms with Gasteiger partial charge in [-0.15, -0.1) is 69.1 Å². The first kappa shape index (κ1) is 28.8. The molecular weight excluding hydrogens is 567 g/mol. The van der Waals surface area contributed by atoms with Gasteiger partial charge in [0.25, 0.3) is 0 Å². The van der Waals surface area contributed by atoms with E-state index < -0.39 is 8.07 Å². The molecule has 0 nitrogen and oxygen atoms in total. The molecule has 0 saturated carbocycles. The van der Waals surface area contributed by atoms with Gasteiger partial charge in [-0.1, -0.05) is 77.9 Å². The van der Waals surface area contributed by atoms with Crippen molar-refractivity contribution < 1.29 is 25.8 Å². The second-order valence-electron chi connectivity index (χ2n) is 9.96. The van der Waals surface area contributed by atoms with Gasteiger partial charge >= 0.3 is 25.8 Å². The zero-order chi connectivity index (χ0) is 21.1. The van der Waals surface area contributed by atoms with Crippen LogP contribution in [0.4, 0.5) is 0 Å². The van der Waals surface area contributed by atoms with Gasteiger partial charge < -0.3 is 14.9 Å². The Kier molecular flexibility index (Phi) is 9.30. The summed E-state index contributed by atoms with van der Waals surface area (Å²) in [6.07, 6.45) is 0. The second-order valence-corrected chi connectivity index (χ2v) is 14.2. The van der Waals surface area contributed by atoms with Crippen LogP contribution in [0.15, 0.2) is 48.5 Å². The van der Waals surface area contributed by atoms with E-state index in [-0.39, 0.29) is 40.7 Å². The van der Waals surface area contributed by atoms with Crippen LogP contribution in [0.3, 0.4) is 0 Å². The number of hydrogen-bond donors (Lipinski definition) is 0. The molecule has 4 aromatic carbocycles. The molecule has 0 unspecified atom stereocenters. The van der Waals surface area contributed by atoms with Crippen molar-refractivity contribution in [3.05, 3.63) is 85.6 Å². The largest absolute Gasteiger partial charge is 4.00 e. The van der Waals surface area contributed by atoms with E-state index in [0.717, 1.165) is 0 Å². The molecule has 0 aromatic heterocycles. The van der Waals surface area contributed by atoms with Gasteiger partial charge in [0.05, 0.1) is 0 Å². The molecule has 168 valence electrons. The average Bonchev–Trinajstić information content (AvgIpc) is 3.16. The molecule has 0 aliphatic carbocycles. The number of fused-ring (bicyclic) bond motifs is 2. The molecule has 0 heterocycles. The second kappa shape index (κ2) is 10.3. The summed E-state index contributed by atoms with van der Waals surface area (Å²) in [5.41, 5.74) is 5.95. The normalized spacial score (nSPS) is 11.6. The molecule has 0 spiro atoms. The van der Waals surface area contributed by atoms with E-state index in [1.807, 2.05) is 0 Å². The van der Waals surface area contributed by atoms with Gasteiger partial charge in [0.2, 0.25) is 0 Å². The van der Waals surface area contributed by atoms with Crippen molar-refractivity contribution in [2.45, 2.75) is 66.5 Å². The van der Waals surface area contributed by atoms with Crippen molar-refractivity contribution in [2.24, 2.45) is 0 Å². The van der Waals surface area contributed by atoms with Gasteiger partial charge in [-0.2, -0.15) is 10.4 Å². The maximum atomic E-state index is 2.57. The van der Waals surface area contributed by atoms with Crippen LogP contribution in [0.25, 0.3) is 21.5 Å². The van der Waals surface area contributed by atoms with E-state index in [2.05, 4.69) is 103 Å². The van der Waals surface area contributed by atoms with E-state index in [1.54, 1.807) is 10.4 Å². The van der Waals surface area contributed by atoms with Crippen molar-refractivity contribution in [3.8, 4) is 0 Å². The fraction of sp³-hybridized carbons (Fsp3) is 0.333. The fourth-order valence-corrected chi connectivity index (χ4v) is 9.89. The van der Waals surface area contributed by atoms with Crippen molar-refractivity contribution in [2.75, 3.05) is 0 Å². The first-order valence-electron chi connectivity index (χ1n) is 11.0. The third kappa shape index (κ3) is 4.42. The first-order valence-corrected chi connectivity index (χ1v) is 14.0. The minimum absolute atomic E-state index is 0. The summed E-state index contributed by atoms with van der Waals surface area (Å²) in [6.45, 7) is 19.1. The summed E-state index contributed by atoms with van der Waals surface area (Å²) in [6, 6.07) is 18.6. The SMILES string of the molecule is Cc1[cH-]c2cccc(C(C)C)c2c1[Si](C)(C)c1c(C)[cH-]c2cccc(C(C)C)c12.[CH3-].[CH3-].[Hf+4]. The molecule has 0 aliphatic rings. The summed E-state index contributed by atoms with van der Waals surface area (Å²) in [5, 5.41) is 9.19. The predicted molar refractivity (Wildman–Crippen MR) is 146 cm³/mol. The minimum Gasteiger partial charge on any atom is -0.358 e. The average molecular weight is 607 g/mol. The standard InChI is InChI=1S/C28H34Si.2CH3.Hf/c1-17(2)23-13-9-11-21-15-19(5)27(25(21)23)29(7,8)28-20(6)16-22-12-10-14-24(18(3)4)26(22)28;;;/h9-18H,1-8H3;2*1H3;/q-2;2*-1;+4. The summed E-state index contributed by atoms with van der Waals surface area (Å²) in [5.74, 6) is 1.07. The van der Waals surface area contributed by atoms with Gasteiger partial charge in [-0.25, -0.2) is 0 Å². The van der Waals surface area contributed by atoms with Crippen LogP contribution in [-0.4, -0.2) is 8.07 Å². The molecule has 2 heteroatoms. The molecule has 4 rings (SSSR count). The number of aryl methyl sites for hydroxylation is 2. The van der Waals surface area contributed by atoms with E-state index in [1.165, 1.54) is 43.8 Å². The molecule has 0 saturated heterocycles. The topological polar surface area (TPSA) is 0 Å².